The van der Waals surface area contributed by atoms with Crippen molar-refractivity contribution in [3.8, 4) is 0 Å². The number of anilines is 2. The summed E-state index contributed by atoms with van der Waals surface area (Å²) in [6.45, 7) is 8.59. The molecule has 0 radical (unpaired) electrons. The van der Waals surface area contributed by atoms with E-state index in [0.717, 1.165) is 30.8 Å². The summed E-state index contributed by atoms with van der Waals surface area (Å²) in [4.78, 5) is 14.4. The van der Waals surface area contributed by atoms with Crippen LogP contribution < -0.4 is 10.2 Å². The molecule has 116 valence electrons. The van der Waals surface area contributed by atoms with Crippen LogP contribution in [0.25, 0.3) is 0 Å². The van der Waals surface area contributed by atoms with Gasteiger partial charge in [0.25, 0.3) is 0 Å². The first-order valence-electron chi connectivity index (χ1n) is 7.79. The Morgan fingerprint density at radius 3 is 2.67 bits per heavy atom. The highest BCUT2D eigenvalue weighted by Crippen LogP contribution is 2.25. The van der Waals surface area contributed by atoms with Gasteiger partial charge in [0.1, 0.15) is 0 Å². The third-order valence-corrected chi connectivity index (χ3v) is 4.75. The van der Waals surface area contributed by atoms with Gasteiger partial charge in [-0.15, -0.1) is 0 Å². The van der Waals surface area contributed by atoms with E-state index in [0.29, 0.717) is 12.3 Å². The van der Waals surface area contributed by atoms with E-state index in [1.165, 1.54) is 17.2 Å². The van der Waals surface area contributed by atoms with Crippen molar-refractivity contribution in [1.82, 2.24) is 0 Å². The first kappa shape index (κ1) is 16.2. The zero-order chi connectivity index (χ0) is 15.2. The molecule has 21 heavy (non-hydrogen) atoms. The van der Waals surface area contributed by atoms with Crippen LogP contribution in [0.15, 0.2) is 18.2 Å². The predicted octanol–water partition coefficient (Wildman–Crippen LogP) is 3.92. The minimum atomic E-state index is 0.119. The van der Waals surface area contributed by atoms with E-state index in [2.05, 4.69) is 43.1 Å². The maximum Gasteiger partial charge on any atom is 0.224 e. The molecule has 0 atom stereocenters. The van der Waals surface area contributed by atoms with Crippen LogP contribution in [-0.2, 0) is 4.79 Å². The van der Waals surface area contributed by atoms with Crippen LogP contribution in [0.4, 0.5) is 11.4 Å². The van der Waals surface area contributed by atoms with Gasteiger partial charge in [0.2, 0.25) is 5.91 Å². The number of amides is 1. The third kappa shape index (κ3) is 4.95. The molecule has 1 aromatic carbocycles. The minimum Gasteiger partial charge on any atom is -0.370 e. The first-order valence-corrected chi connectivity index (χ1v) is 8.95. The molecule has 1 aliphatic heterocycles. The van der Waals surface area contributed by atoms with Crippen LogP contribution in [0.5, 0.6) is 0 Å². The van der Waals surface area contributed by atoms with Crippen LogP contribution in [-0.4, -0.2) is 30.5 Å². The molecule has 3 nitrogen and oxygen atoms in total. The van der Waals surface area contributed by atoms with Gasteiger partial charge >= 0.3 is 0 Å². The molecule has 1 fully saturated rings. The molecular weight excluding hydrogens is 280 g/mol. The number of nitrogens with zero attached hydrogens (tertiary/aromatic N) is 1. The van der Waals surface area contributed by atoms with Gasteiger partial charge in [-0.25, -0.2) is 0 Å². The van der Waals surface area contributed by atoms with E-state index in [-0.39, 0.29) is 5.91 Å². The van der Waals surface area contributed by atoms with Crippen molar-refractivity contribution < 1.29 is 4.79 Å². The Morgan fingerprint density at radius 2 is 2.05 bits per heavy atom. The summed E-state index contributed by atoms with van der Waals surface area (Å²) >= 11 is 2.02. The fourth-order valence-electron chi connectivity index (χ4n) is 2.44. The summed E-state index contributed by atoms with van der Waals surface area (Å²) in [5, 5.41) is 3.03. The standard InChI is InChI=1S/C17H26N2OS/c1-13(2)4-7-17(20)18-16-6-5-15(12-14(16)3)19-8-10-21-11-9-19/h5-6,12-13H,4,7-11H2,1-3H3,(H,18,20). The summed E-state index contributed by atoms with van der Waals surface area (Å²) in [7, 11) is 0. The van der Waals surface area contributed by atoms with Gasteiger partial charge in [-0.05, 0) is 43.0 Å². The molecule has 1 aromatic rings. The van der Waals surface area contributed by atoms with E-state index in [4.69, 9.17) is 0 Å². The van der Waals surface area contributed by atoms with Crippen LogP contribution in [0.1, 0.15) is 32.3 Å². The fraction of sp³-hybridized carbons (Fsp3) is 0.588. The molecular formula is C17H26N2OS. The highest BCUT2D eigenvalue weighted by molar-refractivity contribution is 7.99. The largest absolute Gasteiger partial charge is 0.370 e. The van der Waals surface area contributed by atoms with Crippen LogP contribution in [0.2, 0.25) is 0 Å². The lowest BCUT2D eigenvalue weighted by Crippen LogP contribution is -2.32. The molecule has 0 unspecified atom stereocenters. The van der Waals surface area contributed by atoms with E-state index in [9.17, 15) is 4.79 Å². The Balaban J connectivity index is 1.96. The number of aryl methyl sites for hydroxylation is 1. The molecule has 0 spiro atoms. The van der Waals surface area contributed by atoms with Crippen molar-refractivity contribution in [2.75, 3.05) is 34.8 Å². The molecule has 1 heterocycles. The highest BCUT2D eigenvalue weighted by Gasteiger charge is 2.13. The van der Waals surface area contributed by atoms with Gasteiger partial charge in [-0.1, -0.05) is 13.8 Å². The van der Waals surface area contributed by atoms with Crippen LogP contribution >= 0.6 is 11.8 Å². The van der Waals surface area contributed by atoms with Gasteiger partial charge < -0.3 is 10.2 Å². The molecule has 1 saturated heterocycles. The summed E-state index contributed by atoms with van der Waals surface area (Å²) in [5.74, 6) is 3.09. The summed E-state index contributed by atoms with van der Waals surface area (Å²) in [5.41, 5.74) is 3.36. The maximum atomic E-state index is 11.9. The zero-order valence-electron chi connectivity index (χ0n) is 13.3. The molecule has 1 amide bonds. The predicted molar refractivity (Wildman–Crippen MR) is 93.4 cm³/mol. The second-order valence-electron chi connectivity index (χ2n) is 6.08. The summed E-state index contributed by atoms with van der Waals surface area (Å²) < 4.78 is 0. The van der Waals surface area contributed by atoms with Gasteiger partial charge in [0, 0.05) is 42.4 Å². The number of thioether (sulfide) groups is 1. The summed E-state index contributed by atoms with van der Waals surface area (Å²) in [6, 6.07) is 6.36. The Labute approximate surface area is 132 Å². The van der Waals surface area contributed by atoms with Crippen molar-refractivity contribution in [3.63, 3.8) is 0 Å². The Hall–Kier alpha value is -1.16. The van der Waals surface area contributed by atoms with Crippen LogP contribution in [0.3, 0.4) is 0 Å². The molecule has 0 aromatic heterocycles. The van der Waals surface area contributed by atoms with E-state index >= 15 is 0 Å². The molecule has 0 bridgehead atoms. The van der Waals surface area contributed by atoms with Gasteiger partial charge in [0.15, 0.2) is 0 Å². The number of rotatable bonds is 5. The molecule has 4 heteroatoms. The zero-order valence-corrected chi connectivity index (χ0v) is 14.1. The minimum absolute atomic E-state index is 0.119. The highest BCUT2D eigenvalue weighted by atomic mass is 32.2. The number of nitrogens with one attached hydrogen (secondary N) is 1. The smallest absolute Gasteiger partial charge is 0.224 e. The normalized spacial score (nSPS) is 15.3. The number of carbonyl (C=O) groups is 1. The molecule has 0 aliphatic carbocycles. The van der Waals surface area contributed by atoms with Gasteiger partial charge in [-0.2, -0.15) is 11.8 Å². The van der Waals surface area contributed by atoms with Crippen molar-refractivity contribution in [1.29, 1.82) is 0 Å². The van der Waals surface area contributed by atoms with Crippen molar-refractivity contribution in [2.45, 2.75) is 33.6 Å². The average molecular weight is 306 g/mol. The van der Waals surface area contributed by atoms with Crippen molar-refractivity contribution in [2.24, 2.45) is 5.92 Å². The van der Waals surface area contributed by atoms with Gasteiger partial charge in [-0.3, -0.25) is 4.79 Å². The molecule has 0 saturated carbocycles. The Morgan fingerprint density at radius 1 is 1.33 bits per heavy atom. The Bertz CT molecular complexity index is 482. The number of hydrogen-bond acceptors (Lipinski definition) is 3. The van der Waals surface area contributed by atoms with E-state index in [1.807, 2.05) is 17.8 Å². The maximum absolute atomic E-state index is 11.9. The lowest BCUT2D eigenvalue weighted by Gasteiger charge is -2.29. The van der Waals surface area contributed by atoms with Crippen LogP contribution in [0, 0.1) is 12.8 Å². The molecule has 1 N–H and O–H groups in total. The fourth-order valence-corrected chi connectivity index (χ4v) is 3.34. The first-order chi connectivity index (χ1) is 10.1. The Kier molecular flexibility index (Phi) is 5.97. The quantitative estimate of drug-likeness (QED) is 0.895. The number of benzene rings is 1. The monoisotopic (exact) mass is 306 g/mol. The SMILES string of the molecule is Cc1cc(N2CCSCC2)ccc1NC(=O)CCC(C)C. The second-order valence-corrected chi connectivity index (χ2v) is 7.30. The molecule has 1 aliphatic rings. The van der Waals surface area contributed by atoms with E-state index < -0.39 is 0 Å². The molecule has 2 rings (SSSR count). The average Bonchev–Trinajstić information content (AvgIpc) is 2.48. The van der Waals surface area contributed by atoms with Gasteiger partial charge in [0.05, 0.1) is 0 Å². The number of carbonyl (C=O) groups excluding carboxylic acids is 1. The van der Waals surface area contributed by atoms with Crippen molar-refractivity contribution in [3.05, 3.63) is 23.8 Å². The summed E-state index contributed by atoms with van der Waals surface area (Å²) in [6.07, 6.45) is 1.54. The third-order valence-electron chi connectivity index (χ3n) is 3.81. The van der Waals surface area contributed by atoms with Crippen molar-refractivity contribution >= 4 is 29.0 Å². The van der Waals surface area contributed by atoms with E-state index in [1.54, 1.807) is 0 Å². The lowest BCUT2D eigenvalue weighted by atomic mass is 10.1. The topological polar surface area (TPSA) is 32.3 Å². The second kappa shape index (κ2) is 7.74. The lowest BCUT2D eigenvalue weighted by molar-refractivity contribution is -0.116. The number of hydrogen-bond donors (Lipinski definition) is 1.